The monoisotopic (exact) mass is 544 g/mol. The van der Waals surface area contributed by atoms with Gasteiger partial charge in [-0.25, -0.2) is 4.79 Å². The van der Waals surface area contributed by atoms with Gasteiger partial charge in [-0.1, -0.05) is 32.0 Å². The highest BCUT2D eigenvalue weighted by molar-refractivity contribution is 5.89. The fourth-order valence-electron chi connectivity index (χ4n) is 5.08. The van der Waals surface area contributed by atoms with Gasteiger partial charge in [-0.3, -0.25) is 19.3 Å². The first kappa shape index (κ1) is 30.2. The lowest BCUT2D eigenvalue weighted by Gasteiger charge is -2.36. The first-order valence-electron chi connectivity index (χ1n) is 13.9. The van der Waals surface area contributed by atoms with Crippen molar-refractivity contribution in [2.24, 2.45) is 11.8 Å². The number of ether oxygens (including phenoxy) is 2. The molecule has 0 unspecified atom stereocenters. The van der Waals surface area contributed by atoms with E-state index in [1.807, 2.05) is 58.9 Å². The van der Waals surface area contributed by atoms with Gasteiger partial charge >= 0.3 is 6.09 Å². The first-order chi connectivity index (χ1) is 18.4. The van der Waals surface area contributed by atoms with Crippen molar-refractivity contribution in [1.29, 1.82) is 0 Å². The van der Waals surface area contributed by atoms with E-state index in [0.717, 1.165) is 12.0 Å². The quantitative estimate of drug-likeness (QED) is 0.520. The van der Waals surface area contributed by atoms with Crippen molar-refractivity contribution < 1.29 is 28.7 Å². The maximum Gasteiger partial charge on any atom is 0.410 e. The Hall–Kier alpha value is -3.30. The van der Waals surface area contributed by atoms with Crippen molar-refractivity contribution in [3.8, 4) is 5.75 Å². The molecule has 0 spiro atoms. The van der Waals surface area contributed by atoms with E-state index in [0.29, 0.717) is 51.2 Å². The molecule has 2 aliphatic heterocycles. The minimum absolute atomic E-state index is 0.0898. The predicted octanol–water partition coefficient (Wildman–Crippen LogP) is 3.09. The second-order valence-corrected chi connectivity index (χ2v) is 11.7. The number of carbonyl (C=O) groups excluding carboxylic acids is 4. The van der Waals surface area contributed by atoms with Gasteiger partial charge in [-0.2, -0.15) is 0 Å². The molecule has 2 heterocycles. The van der Waals surface area contributed by atoms with Crippen LogP contribution < -0.4 is 15.4 Å². The molecule has 4 amide bonds. The summed E-state index contributed by atoms with van der Waals surface area (Å²) in [5.41, 5.74) is 0.227. The minimum Gasteiger partial charge on any atom is -0.496 e. The molecule has 3 rings (SSSR count). The number of hydrogen-bond donors (Lipinski definition) is 2. The predicted molar refractivity (Wildman–Crippen MR) is 147 cm³/mol. The highest BCUT2D eigenvalue weighted by Gasteiger charge is 2.40. The largest absolute Gasteiger partial charge is 0.496 e. The zero-order valence-electron chi connectivity index (χ0n) is 24.1. The van der Waals surface area contributed by atoms with E-state index in [1.54, 1.807) is 12.0 Å². The topological polar surface area (TPSA) is 117 Å². The molecular formula is C29H44N4O6. The zero-order valence-corrected chi connectivity index (χ0v) is 24.1. The molecule has 39 heavy (non-hydrogen) atoms. The summed E-state index contributed by atoms with van der Waals surface area (Å²) in [5.74, 6) is -0.216. The molecule has 2 N–H and O–H groups in total. The van der Waals surface area contributed by atoms with Crippen molar-refractivity contribution >= 4 is 23.8 Å². The number of likely N-dealkylation sites (tertiary alicyclic amines) is 2. The molecular weight excluding hydrogens is 500 g/mol. The first-order valence-corrected chi connectivity index (χ1v) is 13.9. The highest BCUT2D eigenvalue weighted by atomic mass is 16.6. The molecule has 0 aliphatic carbocycles. The fraction of sp³-hybridized carbons (Fsp3) is 0.655. The second-order valence-electron chi connectivity index (χ2n) is 11.7. The van der Waals surface area contributed by atoms with Gasteiger partial charge < -0.3 is 25.0 Å². The average molecular weight is 545 g/mol. The van der Waals surface area contributed by atoms with Crippen LogP contribution in [0.25, 0.3) is 0 Å². The van der Waals surface area contributed by atoms with Gasteiger partial charge in [0, 0.05) is 37.7 Å². The normalized spacial score (nSPS) is 19.0. The number of carbonyl (C=O) groups is 4. The lowest BCUT2D eigenvalue weighted by atomic mass is 9.94. The number of para-hydroxylation sites is 1. The van der Waals surface area contributed by atoms with E-state index < -0.39 is 23.8 Å². The van der Waals surface area contributed by atoms with Gasteiger partial charge in [0.1, 0.15) is 23.4 Å². The van der Waals surface area contributed by atoms with Gasteiger partial charge in [0.25, 0.3) is 0 Å². The van der Waals surface area contributed by atoms with Gasteiger partial charge in [0.2, 0.25) is 17.7 Å². The molecule has 2 fully saturated rings. The third kappa shape index (κ3) is 8.10. The Labute approximate surface area is 231 Å². The standard InChI is InChI=1S/C29H44N4O6/c1-19(2)24(26(35)30-18-21-10-7-8-12-23(21)38-6)31-25(34)20-13-16-32(17-14-20)27(36)22-11-9-15-33(22)28(37)39-29(3,4)5/h7-8,10,12,19-20,22,24H,9,11,13-18H2,1-6H3,(H,30,35)(H,31,34)/t22-,24-/m0/s1. The van der Waals surface area contributed by atoms with Gasteiger partial charge in [0.15, 0.2) is 0 Å². The summed E-state index contributed by atoms with van der Waals surface area (Å²) in [6.07, 6.45) is 1.91. The van der Waals surface area contributed by atoms with E-state index in [-0.39, 0.29) is 29.6 Å². The van der Waals surface area contributed by atoms with E-state index in [2.05, 4.69) is 10.6 Å². The van der Waals surface area contributed by atoms with Crippen molar-refractivity contribution in [3.05, 3.63) is 29.8 Å². The number of rotatable bonds is 8. The number of nitrogens with one attached hydrogen (secondary N) is 2. The van der Waals surface area contributed by atoms with Gasteiger partial charge in [0.05, 0.1) is 7.11 Å². The number of methoxy groups -OCH3 is 1. The third-order valence-electron chi connectivity index (χ3n) is 7.24. The summed E-state index contributed by atoms with van der Waals surface area (Å²) in [4.78, 5) is 55.2. The van der Waals surface area contributed by atoms with Crippen LogP contribution in [-0.4, -0.2) is 78.0 Å². The number of benzene rings is 1. The molecule has 2 atom stereocenters. The number of hydrogen-bond acceptors (Lipinski definition) is 6. The molecule has 2 saturated heterocycles. The Kier molecular flexibility index (Phi) is 10.2. The molecule has 216 valence electrons. The van der Waals surface area contributed by atoms with Crippen LogP contribution in [-0.2, 0) is 25.7 Å². The Bertz CT molecular complexity index is 1030. The fourth-order valence-corrected chi connectivity index (χ4v) is 5.08. The molecule has 0 radical (unpaired) electrons. The summed E-state index contributed by atoms with van der Waals surface area (Å²) in [6, 6.07) is 6.27. The van der Waals surface area contributed by atoms with Gasteiger partial charge in [-0.15, -0.1) is 0 Å². The van der Waals surface area contributed by atoms with Crippen LogP contribution in [0, 0.1) is 11.8 Å². The Morgan fingerprint density at radius 1 is 1.03 bits per heavy atom. The van der Waals surface area contributed by atoms with Crippen molar-refractivity contribution in [2.45, 2.75) is 84.5 Å². The van der Waals surface area contributed by atoms with Crippen LogP contribution in [0.5, 0.6) is 5.75 Å². The van der Waals surface area contributed by atoms with E-state index in [9.17, 15) is 19.2 Å². The lowest BCUT2D eigenvalue weighted by Crippen LogP contribution is -2.54. The van der Waals surface area contributed by atoms with Crippen LogP contribution >= 0.6 is 0 Å². The van der Waals surface area contributed by atoms with Crippen molar-refractivity contribution in [1.82, 2.24) is 20.4 Å². The molecule has 1 aromatic carbocycles. The van der Waals surface area contributed by atoms with E-state index in [1.165, 1.54) is 4.90 Å². The van der Waals surface area contributed by atoms with Crippen LogP contribution in [0.15, 0.2) is 24.3 Å². The summed E-state index contributed by atoms with van der Waals surface area (Å²) >= 11 is 0. The molecule has 10 nitrogen and oxygen atoms in total. The Balaban J connectivity index is 1.52. The Morgan fingerprint density at radius 3 is 2.31 bits per heavy atom. The zero-order chi connectivity index (χ0) is 28.7. The van der Waals surface area contributed by atoms with Crippen LogP contribution in [0.1, 0.15) is 65.9 Å². The summed E-state index contributed by atoms with van der Waals surface area (Å²) in [5, 5.41) is 5.85. The maximum atomic E-state index is 13.3. The lowest BCUT2D eigenvalue weighted by molar-refractivity contribution is -0.140. The van der Waals surface area contributed by atoms with Crippen LogP contribution in [0.2, 0.25) is 0 Å². The smallest absolute Gasteiger partial charge is 0.410 e. The maximum absolute atomic E-state index is 13.3. The average Bonchev–Trinajstić information content (AvgIpc) is 3.39. The second kappa shape index (κ2) is 13.2. The third-order valence-corrected chi connectivity index (χ3v) is 7.24. The summed E-state index contributed by atoms with van der Waals surface area (Å²) in [7, 11) is 1.58. The number of nitrogens with zero attached hydrogens (tertiary/aromatic N) is 2. The van der Waals surface area contributed by atoms with Crippen LogP contribution in [0.3, 0.4) is 0 Å². The van der Waals surface area contributed by atoms with Crippen LogP contribution in [0.4, 0.5) is 4.79 Å². The number of amides is 4. The van der Waals surface area contributed by atoms with Crippen molar-refractivity contribution in [3.63, 3.8) is 0 Å². The highest BCUT2D eigenvalue weighted by Crippen LogP contribution is 2.25. The molecule has 1 aromatic rings. The summed E-state index contributed by atoms with van der Waals surface area (Å²) < 4.78 is 10.8. The Morgan fingerprint density at radius 2 is 1.69 bits per heavy atom. The summed E-state index contributed by atoms with van der Waals surface area (Å²) in [6.45, 7) is 10.9. The molecule has 10 heteroatoms. The van der Waals surface area contributed by atoms with E-state index >= 15 is 0 Å². The molecule has 0 aromatic heterocycles. The molecule has 0 saturated carbocycles. The van der Waals surface area contributed by atoms with Gasteiger partial charge in [-0.05, 0) is 58.4 Å². The molecule has 2 aliphatic rings. The molecule has 0 bridgehead atoms. The van der Waals surface area contributed by atoms with E-state index in [4.69, 9.17) is 9.47 Å². The number of piperidine rings is 1. The SMILES string of the molecule is COc1ccccc1CNC(=O)[C@@H](NC(=O)C1CCN(C(=O)[C@@H]2CCCN2C(=O)OC(C)(C)C)CC1)C(C)C. The minimum atomic E-state index is -0.673. The van der Waals surface area contributed by atoms with Crippen molar-refractivity contribution in [2.75, 3.05) is 26.7 Å².